The molecule has 3 rings (SSSR count). The van der Waals surface area contributed by atoms with Crippen LogP contribution in [-0.4, -0.2) is 41.4 Å². The lowest BCUT2D eigenvalue weighted by Gasteiger charge is -2.10. The number of nitrogens with one attached hydrogen (secondary N) is 2. The van der Waals surface area contributed by atoms with Gasteiger partial charge in [0.05, 0.1) is 31.8 Å². The van der Waals surface area contributed by atoms with E-state index in [2.05, 4.69) is 15.7 Å². The number of para-hydroxylation sites is 1. The summed E-state index contributed by atoms with van der Waals surface area (Å²) < 4.78 is 11.4. The molecule has 3 amide bonds. The first kappa shape index (κ1) is 21.5. The Kier molecular flexibility index (Phi) is 6.94. The summed E-state index contributed by atoms with van der Waals surface area (Å²) in [5.41, 5.74) is 0.846. The number of aromatic nitrogens is 2. The molecule has 1 heterocycles. The highest BCUT2D eigenvalue weighted by Gasteiger charge is 2.12. The van der Waals surface area contributed by atoms with Crippen LogP contribution in [0, 0.1) is 0 Å². The third-order valence-electron chi connectivity index (χ3n) is 4.25. The Morgan fingerprint density at radius 2 is 1.81 bits per heavy atom. The van der Waals surface area contributed by atoms with Crippen LogP contribution in [0.15, 0.2) is 59.5 Å². The molecule has 2 N–H and O–H groups in total. The normalized spacial score (nSPS) is 10.4. The number of amides is 3. The van der Waals surface area contributed by atoms with Crippen molar-refractivity contribution in [1.82, 2.24) is 15.1 Å². The van der Waals surface area contributed by atoms with E-state index in [0.29, 0.717) is 22.3 Å². The number of esters is 1. The lowest BCUT2D eigenvalue weighted by molar-refractivity contribution is -0.148. The van der Waals surface area contributed by atoms with E-state index in [4.69, 9.17) is 9.47 Å². The second kappa shape index (κ2) is 10.0. The molecular weight excluding hydrogens is 404 g/mol. The maximum Gasteiger partial charge on any atom is 0.325 e. The molecule has 1 aromatic heterocycles. The lowest BCUT2D eigenvalue weighted by Crippen LogP contribution is -2.37. The zero-order valence-corrected chi connectivity index (χ0v) is 16.7. The van der Waals surface area contributed by atoms with E-state index in [9.17, 15) is 19.2 Å². The van der Waals surface area contributed by atoms with Crippen molar-refractivity contribution in [1.29, 1.82) is 0 Å². The monoisotopic (exact) mass is 424 g/mol. The molecule has 0 saturated heterocycles. The van der Waals surface area contributed by atoms with Crippen molar-refractivity contribution in [2.24, 2.45) is 0 Å². The van der Waals surface area contributed by atoms with E-state index >= 15 is 0 Å². The molecular formula is C21H20N4O6. The SMILES string of the molecule is COc1ccc(NC(=O)NC(=O)COC(=O)CCn2ncc(=O)c3ccccc32)cc1. The Balaban J connectivity index is 1.44. The first-order chi connectivity index (χ1) is 15.0. The van der Waals surface area contributed by atoms with E-state index in [1.807, 2.05) is 0 Å². The van der Waals surface area contributed by atoms with Gasteiger partial charge in [-0.1, -0.05) is 12.1 Å². The van der Waals surface area contributed by atoms with E-state index < -0.39 is 24.5 Å². The molecule has 0 aliphatic carbocycles. The lowest BCUT2D eigenvalue weighted by atomic mass is 10.2. The van der Waals surface area contributed by atoms with Crippen LogP contribution in [0.5, 0.6) is 5.75 Å². The van der Waals surface area contributed by atoms with E-state index in [1.165, 1.54) is 18.0 Å². The number of imide groups is 1. The van der Waals surface area contributed by atoms with Gasteiger partial charge in [0.15, 0.2) is 6.61 Å². The van der Waals surface area contributed by atoms with E-state index in [-0.39, 0.29) is 18.4 Å². The van der Waals surface area contributed by atoms with Crippen molar-refractivity contribution in [3.63, 3.8) is 0 Å². The first-order valence-corrected chi connectivity index (χ1v) is 9.31. The van der Waals surface area contributed by atoms with Crippen LogP contribution in [0.3, 0.4) is 0 Å². The summed E-state index contributed by atoms with van der Waals surface area (Å²) in [6.45, 7) is -0.438. The summed E-state index contributed by atoms with van der Waals surface area (Å²) in [7, 11) is 1.52. The Hall–Kier alpha value is -4.21. The molecule has 0 saturated carbocycles. The summed E-state index contributed by atoms with van der Waals surface area (Å²) >= 11 is 0. The number of methoxy groups -OCH3 is 1. The summed E-state index contributed by atoms with van der Waals surface area (Å²) in [5, 5.41) is 9.06. The Labute approximate surface area is 176 Å². The van der Waals surface area contributed by atoms with Crippen LogP contribution in [0.4, 0.5) is 10.5 Å². The van der Waals surface area contributed by atoms with Crippen LogP contribution in [0.1, 0.15) is 6.42 Å². The number of rotatable bonds is 7. The van der Waals surface area contributed by atoms with Gasteiger partial charge in [-0.3, -0.25) is 24.4 Å². The Bertz CT molecular complexity index is 1160. The van der Waals surface area contributed by atoms with Gasteiger partial charge >= 0.3 is 12.0 Å². The average Bonchev–Trinajstić information content (AvgIpc) is 2.78. The van der Waals surface area contributed by atoms with Crippen LogP contribution in [0.2, 0.25) is 0 Å². The standard InChI is InChI=1S/C21H20N4O6/c1-30-15-8-6-14(7-9-15)23-21(29)24-19(27)13-31-20(28)10-11-25-17-5-3-2-4-16(17)18(26)12-22-25/h2-9,12H,10-11,13H2,1H3,(H2,23,24,27,29). The van der Waals surface area contributed by atoms with Crippen LogP contribution in [-0.2, 0) is 20.9 Å². The highest BCUT2D eigenvalue weighted by Crippen LogP contribution is 2.14. The van der Waals surface area contributed by atoms with Crippen molar-refractivity contribution < 1.29 is 23.9 Å². The molecule has 0 aliphatic heterocycles. The maximum atomic E-state index is 11.9. The summed E-state index contributed by atoms with van der Waals surface area (Å²) in [4.78, 5) is 47.4. The number of ether oxygens (including phenoxy) is 2. The van der Waals surface area contributed by atoms with Crippen molar-refractivity contribution in [2.75, 3.05) is 19.0 Å². The highest BCUT2D eigenvalue weighted by molar-refractivity contribution is 6.01. The number of aryl methyl sites for hydroxylation is 1. The zero-order valence-electron chi connectivity index (χ0n) is 16.7. The summed E-state index contributed by atoms with van der Waals surface area (Å²) in [5.74, 6) is -0.791. The number of anilines is 1. The minimum Gasteiger partial charge on any atom is -0.497 e. The topological polar surface area (TPSA) is 129 Å². The highest BCUT2D eigenvalue weighted by atomic mass is 16.5. The molecule has 0 fully saturated rings. The fourth-order valence-corrected chi connectivity index (χ4v) is 2.75. The molecule has 10 heteroatoms. The molecule has 0 atom stereocenters. The number of fused-ring (bicyclic) bond motifs is 1. The molecule has 31 heavy (non-hydrogen) atoms. The van der Waals surface area contributed by atoms with Crippen molar-refractivity contribution in [3.8, 4) is 5.75 Å². The first-order valence-electron chi connectivity index (χ1n) is 9.31. The van der Waals surface area contributed by atoms with Crippen LogP contribution < -0.4 is 20.8 Å². The van der Waals surface area contributed by atoms with Gasteiger partial charge in [0, 0.05) is 11.1 Å². The molecule has 2 aromatic carbocycles. The molecule has 0 unspecified atom stereocenters. The van der Waals surface area contributed by atoms with Crippen LogP contribution in [0.25, 0.3) is 10.9 Å². The summed E-state index contributed by atoms with van der Waals surface area (Å²) in [6.07, 6.45) is 1.12. The number of hydrogen-bond acceptors (Lipinski definition) is 7. The van der Waals surface area contributed by atoms with Gasteiger partial charge in [0.2, 0.25) is 5.43 Å². The Morgan fingerprint density at radius 1 is 1.06 bits per heavy atom. The van der Waals surface area contributed by atoms with Gasteiger partial charge in [-0.15, -0.1) is 0 Å². The van der Waals surface area contributed by atoms with Gasteiger partial charge in [-0.2, -0.15) is 5.10 Å². The van der Waals surface area contributed by atoms with Gasteiger partial charge in [-0.05, 0) is 36.4 Å². The molecule has 3 aromatic rings. The van der Waals surface area contributed by atoms with Gasteiger partial charge in [0.1, 0.15) is 5.75 Å². The Morgan fingerprint density at radius 3 is 2.55 bits per heavy atom. The molecule has 160 valence electrons. The number of carbonyl (C=O) groups excluding carboxylic acids is 3. The van der Waals surface area contributed by atoms with Crippen LogP contribution >= 0.6 is 0 Å². The summed E-state index contributed by atoms with van der Waals surface area (Å²) in [6, 6.07) is 12.7. The van der Waals surface area contributed by atoms with Gasteiger partial charge in [-0.25, -0.2) is 4.79 Å². The maximum absolute atomic E-state index is 11.9. The second-order valence-electron chi connectivity index (χ2n) is 6.39. The fraction of sp³-hybridized carbons (Fsp3) is 0.190. The molecule has 10 nitrogen and oxygen atoms in total. The van der Waals surface area contributed by atoms with Crippen molar-refractivity contribution in [2.45, 2.75) is 13.0 Å². The quantitative estimate of drug-likeness (QED) is 0.552. The molecule has 0 spiro atoms. The van der Waals surface area contributed by atoms with Crippen molar-refractivity contribution in [3.05, 3.63) is 65.0 Å². The number of urea groups is 1. The molecule has 0 bridgehead atoms. The van der Waals surface area contributed by atoms with E-state index in [0.717, 1.165) is 0 Å². The molecule has 0 radical (unpaired) electrons. The molecule has 0 aliphatic rings. The third kappa shape index (κ3) is 5.89. The third-order valence-corrected chi connectivity index (χ3v) is 4.25. The number of benzene rings is 2. The average molecular weight is 424 g/mol. The fourth-order valence-electron chi connectivity index (χ4n) is 2.75. The van der Waals surface area contributed by atoms with Gasteiger partial charge in [0.25, 0.3) is 5.91 Å². The van der Waals surface area contributed by atoms with Crippen molar-refractivity contribution >= 4 is 34.5 Å². The minimum atomic E-state index is -0.772. The number of carbonyl (C=O) groups is 3. The minimum absolute atomic E-state index is 0.0643. The van der Waals surface area contributed by atoms with E-state index in [1.54, 1.807) is 48.5 Å². The smallest absolute Gasteiger partial charge is 0.325 e. The predicted octanol–water partition coefficient (Wildman–Crippen LogP) is 1.69. The van der Waals surface area contributed by atoms with Gasteiger partial charge < -0.3 is 14.8 Å². The predicted molar refractivity (Wildman–Crippen MR) is 112 cm³/mol. The number of hydrogen-bond donors (Lipinski definition) is 2. The number of nitrogens with zero attached hydrogens (tertiary/aromatic N) is 2. The zero-order chi connectivity index (χ0) is 22.2. The largest absolute Gasteiger partial charge is 0.497 e. The second-order valence-corrected chi connectivity index (χ2v) is 6.39.